The number of nitrogens with zero attached hydrogens (tertiary/aromatic N) is 5. The number of para-hydroxylation sites is 1. The third kappa shape index (κ3) is 4.07. The first kappa shape index (κ1) is 15.5. The molecule has 0 amide bonds. The minimum Gasteiger partial charge on any atom is -0.276 e. The Labute approximate surface area is 140 Å². The lowest BCUT2D eigenvalue weighted by molar-refractivity contribution is 1.13. The van der Waals surface area contributed by atoms with Crippen LogP contribution >= 0.6 is 0 Å². The summed E-state index contributed by atoms with van der Waals surface area (Å²) in [6.07, 6.45) is 5.08. The molecule has 6 heteroatoms. The summed E-state index contributed by atoms with van der Waals surface area (Å²) >= 11 is 0. The molecule has 3 aromatic rings. The Bertz CT molecular complexity index is 844. The summed E-state index contributed by atoms with van der Waals surface area (Å²) in [6, 6.07) is 17.2. The van der Waals surface area contributed by atoms with Gasteiger partial charge in [-0.25, -0.2) is 4.98 Å². The maximum Gasteiger partial charge on any atom is 0.202 e. The average Bonchev–Trinajstić information content (AvgIpc) is 2.65. The minimum atomic E-state index is 0.428. The summed E-state index contributed by atoms with van der Waals surface area (Å²) in [5.74, 6) is 0.991. The molecule has 0 fully saturated rings. The van der Waals surface area contributed by atoms with Gasteiger partial charge in [0.25, 0.3) is 0 Å². The Balaban J connectivity index is 1.89. The highest BCUT2D eigenvalue weighted by molar-refractivity contribution is 5.99. The van der Waals surface area contributed by atoms with Crippen molar-refractivity contribution in [1.82, 2.24) is 9.97 Å². The van der Waals surface area contributed by atoms with E-state index < -0.39 is 0 Å². The molecule has 1 aromatic carbocycles. The third-order valence-corrected chi connectivity index (χ3v) is 3.21. The summed E-state index contributed by atoms with van der Waals surface area (Å²) in [5.41, 5.74) is 5.55. The van der Waals surface area contributed by atoms with Crippen molar-refractivity contribution in [3.8, 4) is 0 Å². The van der Waals surface area contributed by atoms with Crippen LogP contribution in [0.15, 0.2) is 88.5 Å². The van der Waals surface area contributed by atoms with Crippen molar-refractivity contribution in [2.24, 2.45) is 15.3 Å². The van der Waals surface area contributed by atoms with Crippen LogP contribution in [0.1, 0.15) is 11.1 Å². The number of pyridine rings is 2. The molecule has 0 aliphatic rings. The minimum absolute atomic E-state index is 0.428. The Morgan fingerprint density at radius 3 is 2.54 bits per heavy atom. The second-order valence-electron chi connectivity index (χ2n) is 5.00. The Hall–Kier alpha value is -3.41. The zero-order chi connectivity index (χ0) is 16.6. The predicted octanol–water partition coefficient (Wildman–Crippen LogP) is 4.34. The summed E-state index contributed by atoms with van der Waals surface area (Å²) in [4.78, 5) is 8.32. The van der Waals surface area contributed by atoms with Crippen LogP contribution in [-0.4, -0.2) is 15.8 Å². The van der Waals surface area contributed by atoms with Gasteiger partial charge < -0.3 is 0 Å². The highest BCUT2D eigenvalue weighted by Crippen LogP contribution is 2.15. The van der Waals surface area contributed by atoms with Crippen molar-refractivity contribution in [2.75, 3.05) is 5.43 Å². The van der Waals surface area contributed by atoms with E-state index in [-0.39, 0.29) is 0 Å². The molecule has 0 bridgehead atoms. The normalized spacial score (nSPS) is 11.6. The van der Waals surface area contributed by atoms with Crippen LogP contribution in [0.5, 0.6) is 0 Å². The number of amidine groups is 1. The van der Waals surface area contributed by atoms with Gasteiger partial charge in [0.15, 0.2) is 5.82 Å². The summed E-state index contributed by atoms with van der Waals surface area (Å²) in [5, 5.41) is 12.8. The summed E-state index contributed by atoms with van der Waals surface area (Å²) in [7, 11) is 0. The average molecular weight is 316 g/mol. The second-order valence-corrected chi connectivity index (χ2v) is 5.00. The van der Waals surface area contributed by atoms with Crippen LogP contribution in [0.3, 0.4) is 0 Å². The molecule has 2 heterocycles. The van der Waals surface area contributed by atoms with Gasteiger partial charge in [-0.15, -0.1) is 10.2 Å². The van der Waals surface area contributed by atoms with Gasteiger partial charge in [-0.05, 0) is 42.8 Å². The molecule has 0 spiro atoms. The largest absolute Gasteiger partial charge is 0.276 e. The van der Waals surface area contributed by atoms with E-state index in [4.69, 9.17) is 0 Å². The summed E-state index contributed by atoms with van der Waals surface area (Å²) < 4.78 is 0. The summed E-state index contributed by atoms with van der Waals surface area (Å²) in [6.45, 7) is 1.93. The lowest BCUT2D eigenvalue weighted by Crippen LogP contribution is -2.01. The molecule has 0 saturated carbocycles. The van der Waals surface area contributed by atoms with E-state index in [2.05, 4.69) is 30.7 Å². The van der Waals surface area contributed by atoms with Gasteiger partial charge in [0.05, 0.1) is 5.69 Å². The van der Waals surface area contributed by atoms with Crippen LogP contribution in [0, 0.1) is 6.92 Å². The highest BCUT2D eigenvalue weighted by atomic mass is 15.3. The number of anilines is 1. The smallest absolute Gasteiger partial charge is 0.202 e. The zero-order valence-corrected chi connectivity index (χ0v) is 13.2. The van der Waals surface area contributed by atoms with Crippen LogP contribution in [0.4, 0.5) is 11.5 Å². The number of aromatic nitrogens is 2. The van der Waals surface area contributed by atoms with E-state index in [1.54, 1.807) is 18.6 Å². The zero-order valence-electron chi connectivity index (χ0n) is 13.2. The van der Waals surface area contributed by atoms with Gasteiger partial charge in [0, 0.05) is 24.2 Å². The molecule has 24 heavy (non-hydrogen) atoms. The van der Waals surface area contributed by atoms with Crippen LogP contribution < -0.4 is 5.43 Å². The number of aryl methyl sites for hydroxylation is 1. The Morgan fingerprint density at radius 1 is 0.958 bits per heavy atom. The standard InChI is InChI=1S/C18H16N6/c1-14-7-5-12-20-17(14)22-24-18(15-8-6-11-19-13-15)23-21-16-9-3-2-4-10-16/h2-13,21H,1H3. The lowest BCUT2D eigenvalue weighted by atomic mass is 10.3. The van der Waals surface area contributed by atoms with E-state index >= 15 is 0 Å². The van der Waals surface area contributed by atoms with Gasteiger partial charge in [-0.1, -0.05) is 24.3 Å². The predicted molar refractivity (Wildman–Crippen MR) is 94.3 cm³/mol. The number of benzene rings is 1. The maximum atomic E-state index is 4.35. The molecule has 0 saturated heterocycles. The molecule has 2 aromatic heterocycles. The fourth-order valence-corrected chi connectivity index (χ4v) is 1.95. The van der Waals surface area contributed by atoms with E-state index in [9.17, 15) is 0 Å². The van der Waals surface area contributed by atoms with Crippen molar-refractivity contribution < 1.29 is 0 Å². The molecule has 118 valence electrons. The molecule has 1 N–H and O–H groups in total. The third-order valence-electron chi connectivity index (χ3n) is 3.21. The molecule has 0 unspecified atom stereocenters. The Morgan fingerprint density at radius 2 is 1.79 bits per heavy atom. The maximum absolute atomic E-state index is 4.35. The Kier molecular flexibility index (Phi) is 4.99. The van der Waals surface area contributed by atoms with E-state index in [0.717, 1.165) is 16.8 Å². The topological polar surface area (TPSA) is 74.9 Å². The van der Waals surface area contributed by atoms with Gasteiger partial charge >= 0.3 is 0 Å². The van der Waals surface area contributed by atoms with Crippen molar-refractivity contribution in [3.05, 3.63) is 84.3 Å². The van der Waals surface area contributed by atoms with Gasteiger partial charge in [0.1, 0.15) is 0 Å². The fourth-order valence-electron chi connectivity index (χ4n) is 1.95. The van der Waals surface area contributed by atoms with E-state index in [0.29, 0.717) is 11.7 Å². The highest BCUT2D eigenvalue weighted by Gasteiger charge is 2.04. The van der Waals surface area contributed by atoms with Gasteiger partial charge in [-0.2, -0.15) is 5.10 Å². The van der Waals surface area contributed by atoms with Crippen molar-refractivity contribution in [2.45, 2.75) is 6.92 Å². The SMILES string of the molecule is Cc1cccnc1N=NC(=NNc1ccccc1)c1cccnc1. The molecule has 6 nitrogen and oxygen atoms in total. The van der Waals surface area contributed by atoms with Crippen LogP contribution in [-0.2, 0) is 0 Å². The molecule has 0 aliphatic carbocycles. The molecule has 0 radical (unpaired) electrons. The van der Waals surface area contributed by atoms with Gasteiger partial charge in [-0.3, -0.25) is 10.4 Å². The molecular weight excluding hydrogens is 300 g/mol. The van der Waals surface area contributed by atoms with Crippen molar-refractivity contribution >= 4 is 17.3 Å². The first-order valence-electron chi connectivity index (χ1n) is 7.45. The fraction of sp³-hybridized carbons (Fsp3) is 0.0556. The molecule has 3 rings (SSSR count). The molecule has 0 atom stereocenters. The van der Waals surface area contributed by atoms with Crippen molar-refractivity contribution in [3.63, 3.8) is 0 Å². The first-order chi connectivity index (χ1) is 11.8. The number of hydrazone groups is 1. The number of azo groups is 1. The first-order valence-corrected chi connectivity index (χ1v) is 7.45. The lowest BCUT2D eigenvalue weighted by Gasteiger charge is -2.03. The number of nitrogens with one attached hydrogen (secondary N) is 1. The number of hydrogen-bond donors (Lipinski definition) is 1. The van der Waals surface area contributed by atoms with Crippen LogP contribution in [0.2, 0.25) is 0 Å². The molecular formula is C18H16N6. The number of rotatable bonds is 4. The quantitative estimate of drug-likeness (QED) is 0.337. The second kappa shape index (κ2) is 7.73. The molecule has 0 aliphatic heterocycles. The monoisotopic (exact) mass is 316 g/mol. The van der Waals surface area contributed by atoms with Gasteiger partial charge in [0.2, 0.25) is 5.84 Å². The van der Waals surface area contributed by atoms with Crippen molar-refractivity contribution in [1.29, 1.82) is 0 Å². The van der Waals surface area contributed by atoms with Crippen LogP contribution in [0.25, 0.3) is 0 Å². The number of hydrogen-bond acceptors (Lipinski definition) is 5. The van der Waals surface area contributed by atoms with E-state index in [1.165, 1.54) is 0 Å². The van der Waals surface area contributed by atoms with E-state index in [1.807, 2.05) is 61.5 Å².